The Morgan fingerprint density at radius 3 is 2.61 bits per heavy atom. The number of carbonyl (C=O) groups is 1. The Morgan fingerprint density at radius 1 is 1.22 bits per heavy atom. The maximum atomic E-state index is 11.9. The van der Waals surface area contributed by atoms with Gasteiger partial charge in [0.25, 0.3) is 0 Å². The summed E-state index contributed by atoms with van der Waals surface area (Å²) in [5, 5.41) is 2.96. The fourth-order valence-electron chi connectivity index (χ4n) is 2.11. The number of methoxy groups -OCH3 is 1. The number of halogens is 1. The van der Waals surface area contributed by atoms with Gasteiger partial charge in [-0.2, -0.15) is 0 Å². The molecule has 0 spiro atoms. The molecule has 0 aliphatic carbocycles. The van der Waals surface area contributed by atoms with E-state index in [2.05, 4.69) is 34.2 Å². The molecule has 1 amide bonds. The first kappa shape index (κ1) is 17.9. The largest absolute Gasteiger partial charge is 0.497 e. The van der Waals surface area contributed by atoms with Gasteiger partial charge in [0.15, 0.2) is 0 Å². The van der Waals surface area contributed by atoms with Crippen molar-refractivity contribution in [3.8, 4) is 5.75 Å². The highest BCUT2D eigenvalue weighted by atomic mass is 79.9. The second kappa shape index (κ2) is 8.99. The van der Waals surface area contributed by atoms with Gasteiger partial charge >= 0.3 is 0 Å². The number of rotatable bonds is 7. The number of aryl methyl sites for hydroxylation is 1. The van der Waals surface area contributed by atoms with E-state index in [4.69, 9.17) is 4.74 Å². The lowest BCUT2D eigenvalue weighted by atomic mass is 10.1. The minimum atomic E-state index is 0.0610. The van der Waals surface area contributed by atoms with Gasteiger partial charge in [-0.05, 0) is 54.8 Å². The van der Waals surface area contributed by atoms with Crippen LogP contribution in [0.3, 0.4) is 0 Å². The normalized spacial score (nSPS) is 10.4. The molecule has 0 aliphatic rings. The maximum Gasteiger partial charge on any atom is 0.230 e. The third-order valence-corrected chi connectivity index (χ3v) is 5.06. The van der Waals surface area contributed by atoms with E-state index in [9.17, 15) is 4.79 Å². The lowest BCUT2D eigenvalue weighted by molar-refractivity contribution is -0.118. The molecule has 1 N–H and O–H groups in total. The molecule has 2 aromatic rings. The zero-order valence-electron chi connectivity index (χ0n) is 13.3. The molecule has 0 atom stereocenters. The van der Waals surface area contributed by atoms with E-state index in [1.54, 1.807) is 18.9 Å². The topological polar surface area (TPSA) is 38.3 Å². The molecule has 122 valence electrons. The molecule has 23 heavy (non-hydrogen) atoms. The molecule has 3 nitrogen and oxygen atoms in total. The molecule has 0 bridgehead atoms. The molecule has 0 radical (unpaired) electrons. The molecule has 0 aliphatic heterocycles. The van der Waals surface area contributed by atoms with Crippen molar-refractivity contribution in [3.63, 3.8) is 0 Å². The standard InChI is InChI=1S/C18H20BrNO2S/c1-13-11-15(19)5-8-17(13)23-12-18(21)20-10-9-14-3-6-16(22-2)7-4-14/h3-8,11H,9-10,12H2,1-2H3,(H,20,21). The Bertz CT molecular complexity index is 659. The molecule has 5 heteroatoms. The molecule has 2 aromatic carbocycles. The Labute approximate surface area is 149 Å². The van der Waals surface area contributed by atoms with Crippen LogP contribution in [0.25, 0.3) is 0 Å². The zero-order chi connectivity index (χ0) is 16.7. The van der Waals surface area contributed by atoms with Crippen LogP contribution in [0.2, 0.25) is 0 Å². The van der Waals surface area contributed by atoms with Crippen molar-refractivity contribution in [2.75, 3.05) is 19.4 Å². The minimum Gasteiger partial charge on any atom is -0.497 e. The first-order chi connectivity index (χ1) is 11.1. The van der Waals surface area contributed by atoms with Crippen molar-refractivity contribution < 1.29 is 9.53 Å². The van der Waals surface area contributed by atoms with Gasteiger partial charge in [0.1, 0.15) is 5.75 Å². The Hall–Kier alpha value is -1.46. The second-order valence-electron chi connectivity index (χ2n) is 5.15. The molecule has 0 fully saturated rings. The van der Waals surface area contributed by atoms with E-state index in [-0.39, 0.29) is 5.91 Å². The van der Waals surface area contributed by atoms with Crippen molar-refractivity contribution in [2.24, 2.45) is 0 Å². The maximum absolute atomic E-state index is 11.9. The lowest BCUT2D eigenvalue weighted by Crippen LogP contribution is -2.27. The summed E-state index contributed by atoms with van der Waals surface area (Å²) in [7, 11) is 1.65. The molecule has 0 heterocycles. The summed E-state index contributed by atoms with van der Waals surface area (Å²) in [6.07, 6.45) is 0.817. The molecule has 0 saturated carbocycles. The second-order valence-corrected chi connectivity index (χ2v) is 7.08. The monoisotopic (exact) mass is 393 g/mol. The summed E-state index contributed by atoms with van der Waals surface area (Å²) in [5.74, 6) is 1.34. The van der Waals surface area contributed by atoms with E-state index in [0.29, 0.717) is 12.3 Å². The minimum absolute atomic E-state index is 0.0610. The number of hydrogen-bond acceptors (Lipinski definition) is 3. The first-order valence-electron chi connectivity index (χ1n) is 7.37. The lowest BCUT2D eigenvalue weighted by Gasteiger charge is -2.08. The van der Waals surface area contributed by atoms with Crippen LogP contribution in [-0.2, 0) is 11.2 Å². The van der Waals surface area contributed by atoms with Crippen molar-refractivity contribution in [1.29, 1.82) is 0 Å². The highest BCUT2D eigenvalue weighted by molar-refractivity contribution is 9.10. The van der Waals surface area contributed by atoms with E-state index in [1.807, 2.05) is 36.4 Å². The van der Waals surface area contributed by atoms with Gasteiger partial charge in [0.05, 0.1) is 12.9 Å². The Morgan fingerprint density at radius 2 is 1.96 bits per heavy atom. The number of nitrogens with one attached hydrogen (secondary N) is 1. The summed E-state index contributed by atoms with van der Waals surface area (Å²) in [6.45, 7) is 2.69. The summed E-state index contributed by atoms with van der Waals surface area (Å²) >= 11 is 5.01. The van der Waals surface area contributed by atoms with Gasteiger partial charge in [0.2, 0.25) is 5.91 Å². The number of hydrogen-bond donors (Lipinski definition) is 1. The van der Waals surface area contributed by atoms with E-state index < -0.39 is 0 Å². The Kier molecular flexibility index (Phi) is 6.99. The predicted molar refractivity (Wildman–Crippen MR) is 99.3 cm³/mol. The number of amides is 1. The number of ether oxygens (including phenoxy) is 1. The summed E-state index contributed by atoms with van der Waals surface area (Å²) in [5.41, 5.74) is 2.36. The SMILES string of the molecule is COc1ccc(CCNC(=O)CSc2ccc(Br)cc2C)cc1. The van der Waals surface area contributed by atoms with E-state index in [1.165, 1.54) is 11.1 Å². The van der Waals surface area contributed by atoms with E-state index in [0.717, 1.165) is 21.5 Å². The van der Waals surface area contributed by atoms with Crippen LogP contribution >= 0.6 is 27.7 Å². The Balaban J connectivity index is 1.72. The van der Waals surface area contributed by atoms with Crippen LogP contribution in [0.5, 0.6) is 5.75 Å². The molecular weight excluding hydrogens is 374 g/mol. The number of carbonyl (C=O) groups excluding carboxylic acids is 1. The summed E-state index contributed by atoms with van der Waals surface area (Å²) in [6, 6.07) is 14.0. The van der Waals surface area contributed by atoms with Crippen molar-refractivity contribution >= 4 is 33.6 Å². The van der Waals surface area contributed by atoms with Crippen LogP contribution in [0, 0.1) is 6.92 Å². The first-order valence-corrected chi connectivity index (χ1v) is 9.15. The van der Waals surface area contributed by atoms with Gasteiger partial charge in [0, 0.05) is 15.9 Å². The average Bonchev–Trinajstić information content (AvgIpc) is 2.54. The summed E-state index contributed by atoms with van der Waals surface area (Å²) in [4.78, 5) is 13.1. The van der Waals surface area contributed by atoms with Gasteiger partial charge in [-0.15, -0.1) is 11.8 Å². The van der Waals surface area contributed by atoms with Crippen molar-refractivity contribution in [1.82, 2.24) is 5.32 Å². The molecule has 0 unspecified atom stereocenters. The third kappa shape index (κ3) is 5.92. The van der Waals surface area contributed by atoms with Gasteiger partial charge in [-0.1, -0.05) is 28.1 Å². The van der Waals surface area contributed by atoms with Crippen LogP contribution < -0.4 is 10.1 Å². The van der Waals surface area contributed by atoms with Crippen LogP contribution in [0.4, 0.5) is 0 Å². The fourth-order valence-corrected chi connectivity index (χ4v) is 3.42. The van der Waals surface area contributed by atoms with E-state index >= 15 is 0 Å². The fraction of sp³-hybridized carbons (Fsp3) is 0.278. The molecular formula is C18H20BrNO2S. The number of benzene rings is 2. The number of thioether (sulfide) groups is 1. The molecule has 2 rings (SSSR count). The van der Waals surface area contributed by atoms with Crippen LogP contribution in [0.1, 0.15) is 11.1 Å². The summed E-state index contributed by atoms with van der Waals surface area (Å²) < 4.78 is 6.19. The third-order valence-electron chi connectivity index (χ3n) is 3.39. The zero-order valence-corrected chi connectivity index (χ0v) is 15.7. The highest BCUT2D eigenvalue weighted by Crippen LogP contribution is 2.25. The smallest absolute Gasteiger partial charge is 0.230 e. The van der Waals surface area contributed by atoms with Crippen molar-refractivity contribution in [3.05, 3.63) is 58.1 Å². The highest BCUT2D eigenvalue weighted by Gasteiger charge is 2.05. The molecule has 0 saturated heterocycles. The van der Waals surface area contributed by atoms with Gasteiger partial charge < -0.3 is 10.1 Å². The van der Waals surface area contributed by atoms with Crippen LogP contribution in [-0.4, -0.2) is 25.3 Å². The predicted octanol–water partition coefficient (Wildman–Crippen LogP) is 4.22. The van der Waals surface area contributed by atoms with Gasteiger partial charge in [-0.3, -0.25) is 4.79 Å². The van der Waals surface area contributed by atoms with Crippen molar-refractivity contribution in [2.45, 2.75) is 18.2 Å². The molecule has 0 aromatic heterocycles. The van der Waals surface area contributed by atoms with Crippen LogP contribution in [0.15, 0.2) is 51.8 Å². The van der Waals surface area contributed by atoms with Gasteiger partial charge in [-0.25, -0.2) is 0 Å². The average molecular weight is 394 g/mol. The quantitative estimate of drug-likeness (QED) is 0.715.